The first-order chi connectivity index (χ1) is 13.2. The molecule has 0 spiro atoms. The highest BCUT2D eigenvalue weighted by Gasteiger charge is 2.43. The second-order valence-corrected chi connectivity index (χ2v) is 8.37. The zero-order valence-electron chi connectivity index (χ0n) is 14.2. The van der Waals surface area contributed by atoms with E-state index in [-0.39, 0.29) is 11.8 Å². The Bertz CT molecular complexity index is 1030. The molecule has 1 aromatic heterocycles. The number of benzene rings is 2. The van der Waals surface area contributed by atoms with Crippen LogP contribution >= 0.6 is 27.3 Å². The van der Waals surface area contributed by atoms with Crippen LogP contribution in [-0.4, -0.2) is 22.7 Å². The summed E-state index contributed by atoms with van der Waals surface area (Å²) in [4.78, 5) is 14.3. The molecule has 0 aliphatic carbocycles. The third kappa shape index (κ3) is 2.89. The van der Waals surface area contributed by atoms with Crippen molar-refractivity contribution in [2.45, 2.75) is 18.7 Å². The Hall–Kier alpha value is -2.44. The lowest BCUT2D eigenvalue weighted by Crippen LogP contribution is -2.45. The van der Waals surface area contributed by atoms with Crippen LogP contribution in [0.2, 0.25) is 0 Å². The maximum atomic E-state index is 13.2. The number of halogens is 1. The van der Waals surface area contributed by atoms with Crippen molar-refractivity contribution in [1.82, 2.24) is 5.01 Å². The maximum absolute atomic E-state index is 13.2. The van der Waals surface area contributed by atoms with Gasteiger partial charge in [-0.3, -0.25) is 4.79 Å². The van der Waals surface area contributed by atoms with Crippen LogP contribution in [0.1, 0.15) is 33.3 Å². The van der Waals surface area contributed by atoms with E-state index in [1.165, 1.54) is 0 Å². The molecule has 5 rings (SSSR count). The van der Waals surface area contributed by atoms with E-state index >= 15 is 0 Å². The first kappa shape index (κ1) is 16.7. The van der Waals surface area contributed by atoms with Gasteiger partial charge >= 0.3 is 0 Å². The number of ether oxygens (including phenoxy) is 1. The van der Waals surface area contributed by atoms with E-state index in [0.29, 0.717) is 5.56 Å². The van der Waals surface area contributed by atoms with Crippen molar-refractivity contribution in [2.75, 3.05) is 0 Å². The monoisotopic (exact) mass is 438 g/mol. The van der Waals surface area contributed by atoms with Crippen LogP contribution in [0.25, 0.3) is 0 Å². The highest BCUT2D eigenvalue weighted by molar-refractivity contribution is 9.10. The van der Waals surface area contributed by atoms with Gasteiger partial charge in [0.05, 0.1) is 16.6 Å². The van der Waals surface area contributed by atoms with Crippen LogP contribution < -0.4 is 4.74 Å². The molecular formula is C21H15BrN2O2S. The number of rotatable bonds is 3. The number of carbonyl (C=O) groups is 1. The number of hydrogen-bond acceptors (Lipinski definition) is 5. The molecule has 134 valence electrons. The van der Waals surface area contributed by atoms with Crippen molar-refractivity contribution in [3.8, 4) is 5.75 Å². The van der Waals surface area contributed by atoms with Crippen molar-refractivity contribution in [3.63, 3.8) is 0 Å². The molecule has 0 saturated carbocycles. The summed E-state index contributed by atoms with van der Waals surface area (Å²) in [7, 11) is 0. The van der Waals surface area contributed by atoms with Crippen LogP contribution in [0.5, 0.6) is 5.75 Å². The number of Topliss-reactive ketones (excluding diaryl/α,β-unsaturated/α-hetero) is 1. The quantitative estimate of drug-likeness (QED) is 0.523. The zero-order chi connectivity index (χ0) is 18.4. The van der Waals surface area contributed by atoms with Crippen LogP contribution in [0.3, 0.4) is 0 Å². The fourth-order valence-corrected chi connectivity index (χ4v) is 4.67. The van der Waals surface area contributed by atoms with Crippen molar-refractivity contribution in [3.05, 3.63) is 86.5 Å². The first-order valence-corrected chi connectivity index (χ1v) is 10.3. The molecule has 0 fully saturated rings. The van der Waals surface area contributed by atoms with E-state index in [4.69, 9.17) is 9.84 Å². The Labute approximate surface area is 169 Å². The number of nitrogens with zero attached hydrogens (tertiary/aromatic N) is 2. The Kier molecular flexibility index (Phi) is 4.10. The molecule has 0 amide bonds. The number of ketones is 1. The summed E-state index contributed by atoms with van der Waals surface area (Å²) in [5, 5.41) is 8.69. The number of carbonyl (C=O) groups excluding carboxylic acids is 1. The number of fused-ring (bicyclic) bond motifs is 3. The normalized spacial score (nSPS) is 20.5. The van der Waals surface area contributed by atoms with Gasteiger partial charge in [-0.1, -0.05) is 52.3 Å². The standard InChI is InChI=1S/C21H15BrN2O2S/c22-14-8-9-18-15(11-14)17-12-16(19-7-4-10-27-19)23-24(17)21(26-18)20(25)13-5-2-1-3-6-13/h1-11,17,21H,12H2/t17-,21+/m0/s1. The lowest BCUT2D eigenvalue weighted by atomic mass is 9.97. The van der Waals surface area contributed by atoms with Gasteiger partial charge in [0.2, 0.25) is 5.78 Å². The largest absolute Gasteiger partial charge is 0.461 e. The van der Waals surface area contributed by atoms with E-state index in [1.54, 1.807) is 11.3 Å². The van der Waals surface area contributed by atoms with E-state index in [1.807, 2.05) is 58.9 Å². The highest BCUT2D eigenvalue weighted by Crippen LogP contribution is 2.44. The van der Waals surface area contributed by atoms with Crippen molar-refractivity contribution in [1.29, 1.82) is 0 Å². The third-order valence-electron chi connectivity index (χ3n) is 4.84. The molecule has 0 bridgehead atoms. The average molecular weight is 439 g/mol. The fourth-order valence-electron chi connectivity index (χ4n) is 3.57. The fraction of sp³-hybridized carbons (Fsp3) is 0.143. The Balaban J connectivity index is 1.59. The summed E-state index contributed by atoms with van der Waals surface area (Å²) in [5.41, 5.74) is 2.68. The molecule has 3 aromatic rings. The SMILES string of the molecule is O=C(c1ccccc1)[C@H]1Oc2ccc(Br)cc2[C@@H]2CC(c3cccs3)=NN12. The third-order valence-corrected chi connectivity index (χ3v) is 6.25. The van der Waals surface area contributed by atoms with Crippen molar-refractivity contribution < 1.29 is 9.53 Å². The van der Waals surface area contributed by atoms with Crippen molar-refractivity contribution in [2.24, 2.45) is 5.10 Å². The van der Waals surface area contributed by atoms with E-state index < -0.39 is 6.23 Å². The molecule has 0 radical (unpaired) electrons. The van der Waals surface area contributed by atoms with Gasteiger partial charge < -0.3 is 4.74 Å². The second kappa shape index (κ2) is 6.62. The predicted octanol–water partition coefficient (Wildman–Crippen LogP) is 5.26. The molecule has 0 N–H and O–H groups in total. The van der Waals surface area contributed by atoms with Crippen molar-refractivity contribution >= 4 is 38.8 Å². The van der Waals surface area contributed by atoms with Gasteiger partial charge in [0.1, 0.15) is 5.75 Å². The van der Waals surface area contributed by atoms with Crippen LogP contribution in [-0.2, 0) is 0 Å². The smallest absolute Gasteiger partial charge is 0.251 e. The van der Waals surface area contributed by atoms with Gasteiger partial charge in [0.25, 0.3) is 6.23 Å². The van der Waals surface area contributed by atoms with Gasteiger partial charge in [-0.05, 0) is 29.6 Å². The van der Waals surface area contributed by atoms with E-state index in [9.17, 15) is 4.79 Å². The van der Waals surface area contributed by atoms with Gasteiger partial charge in [-0.15, -0.1) is 11.3 Å². The molecule has 2 aliphatic rings. The summed E-state index contributed by atoms with van der Waals surface area (Å²) >= 11 is 5.21. The number of hydrogen-bond donors (Lipinski definition) is 0. The molecule has 2 aromatic carbocycles. The summed E-state index contributed by atoms with van der Waals surface area (Å²) in [6.45, 7) is 0. The Morgan fingerprint density at radius 3 is 2.78 bits per heavy atom. The van der Waals surface area contributed by atoms with E-state index in [2.05, 4.69) is 28.1 Å². The van der Waals surface area contributed by atoms with Gasteiger partial charge in [0, 0.05) is 22.0 Å². The molecule has 0 unspecified atom stereocenters. The van der Waals surface area contributed by atoms with Crippen LogP contribution in [0, 0.1) is 0 Å². The topological polar surface area (TPSA) is 41.9 Å². The lowest BCUT2D eigenvalue weighted by molar-refractivity contribution is -0.00458. The minimum absolute atomic E-state index is 0.0130. The van der Waals surface area contributed by atoms with Gasteiger partial charge in [0.15, 0.2) is 0 Å². The zero-order valence-corrected chi connectivity index (χ0v) is 16.6. The second-order valence-electron chi connectivity index (χ2n) is 6.51. The van der Waals surface area contributed by atoms with Gasteiger partial charge in [-0.2, -0.15) is 5.10 Å². The lowest BCUT2D eigenvalue weighted by Gasteiger charge is -2.37. The van der Waals surface area contributed by atoms with Crippen LogP contribution in [0.15, 0.2) is 75.6 Å². The predicted molar refractivity (Wildman–Crippen MR) is 109 cm³/mol. The summed E-state index contributed by atoms with van der Waals surface area (Å²) in [6, 6.07) is 19.3. The molecule has 3 heterocycles. The highest BCUT2D eigenvalue weighted by atomic mass is 79.9. The summed E-state index contributed by atoms with van der Waals surface area (Å²) in [6.07, 6.45) is -0.00476. The summed E-state index contributed by atoms with van der Waals surface area (Å²) in [5.74, 6) is 0.668. The Morgan fingerprint density at radius 2 is 2.00 bits per heavy atom. The van der Waals surface area contributed by atoms with Gasteiger partial charge in [-0.25, -0.2) is 5.01 Å². The minimum atomic E-state index is -0.761. The number of hydrazone groups is 1. The molecule has 6 heteroatoms. The van der Waals surface area contributed by atoms with E-state index in [0.717, 1.165) is 32.8 Å². The summed E-state index contributed by atoms with van der Waals surface area (Å²) < 4.78 is 7.12. The molecule has 2 atom stereocenters. The molecule has 4 nitrogen and oxygen atoms in total. The Morgan fingerprint density at radius 1 is 1.15 bits per heavy atom. The number of thiophene rings is 1. The molecule has 27 heavy (non-hydrogen) atoms. The molecule has 2 aliphatic heterocycles. The molecule has 0 saturated heterocycles. The average Bonchev–Trinajstić information content (AvgIpc) is 3.37. The molecular weight excluding hydrogens is 424 g/mol. The minimum Gasteiger partial charge on any atom is -0.461 e. The van der Waals surface area contributed by atoms with Crippen LogP contribution in [0.4, 0.5) is 0 Å². The first-order valence-electron chi connectivity index (χ1n) is 8.66. The maximum Gasteiger partial charge on any atom is 0.251 e.